The molecule has 130 valence electrons. The number of carbonyl (C=O) groups is 1. The molecule has 0 spiro atoms. The minimum absolute atomic E-state index is 0.0240. The number of fused-ring (bicyclic) bond motifs is 3. The van der Waals surface area contributed by atoms with Crippen LogP contribution in [0.1, 0.15) is 43.5 Å². The molecular formula is C18H25N3O2S. The van der Waals surface area contributed by atoms with E-state index in [0.29, 0.717) is 24.8 Å². The lowest BCUT2D eigenvalue weighted by atomic mass is 9.89. The van der Waals surface area contributed by atoms with E-state index in [0.717, 1.165) is 29.5 Å². The molecule has 1 aliphatic carbocycles. The zero-order chi connectivity index (χ0) is 17.4. The minimum Gasteiger partial charge on any atom is -0.342 e. The lowest BCUT2D eigenvalue weighted by Crippen LogP contribution is -2.37. The summed E-state index contributed by atoms with van der Waals surface area (Å²) in [7, 11) is 0. The predicted molar refractivity (Wildman–Crippen MR) is 97.7 cm³/mol. The Bertz CT molecular complexity index is 833. The molecule has 2 aromatic heterocycles. The maximum absolute atomic E-state index is 13.1. The monoisotopic (exact) mass is 347 g/mol. The van der Waals surface area contributed by atoms with Gasteiger partial charge in [0.2, 0.25) is 5.91 Å². The summed E-state index contributed by atoms with van der Waals surface area (Å²) in [6.07, 6.45) is 3.10. The maximum atomic E-state index is 13.1. The first-order valence-corrected chi connectivity index (χ1v) is 9.57. The van der Waals surface area contributed by atoms with Gasteiger partial charge < -0.3 is 4.90 Å². The largest absolute Gasteiger partial charge is 0.342 e. The van der Waals surface area contributed by atoms with Crippen molar-refractivity contribution in [2.75, 3.05) is 13.1 Å². The van der Waals surface area contributed by atoms with Gasteiger partial charge in [0.1, 0.15) is 17.2 Å². The van der Waals surface area contributed by atoms with Crippen LogP contribution >= 0.6 is 11.3 Å². The Hall–Kier alpha value is -1.69. The van der Waals surface area contributed by atoms with Crippen molar-refractivity contribution in [3.05, 3.63) is 26.6 Å². The van der Waals surface area contributed by atoms with Crippen molar-refractivity contribution in [1.29, 1.82) is 0 Å². The van der Waals surface area contributed by atoms with E-state index < -0.39 is 0 Å². The Labute approximate surface area is 146 Å². The number of amides is 1. The molecule has 2 aromatic rings. The quantitative estimate of drug-likeness (QED) is 0.854. The van der Waals surface area contributed by atoms with Crippen molar-refractivity contribution < 1.29 is 4.79 Å². The third-order valence-electron chi connectivity index (χ3n) is 5.02. The van der Waals surface area contributed by atoms with Gasteiger partial charge >= 0.3 is 0 Å². The van der Waals surface area contributed by atoms with Gasteiger partial charge in [-0.2, -0.15) is 0 Å². The summed E-state index contributed by atoms with van der Waals surface area (Å²) in [6.45, 7) is 9.37. The van der Waals surface area contributed by atoms with Crippen LogP contribution in [-0.4, -0.2) is 33.4 Å². The Morgan fingerprint density at radius 1 is 1.38 bits per heavy atom. The number of likely N-dealkylation sites (N-methyl/N-ethyl adjacent to an activating group) is 1. The summed E-state index contributed by atoms with van der Waals surface area (Å²) in [6, 6.07) is 0. The van der Waals surface area contributed by atoms with E-state index in [4.69, 9.17) is 0 Å². The van der Waals surface area contributed by atoms with Gasteiger partial charge in [-0.15, -0.1) is 11.3 Å². The number of aryl methyl sites for hydroxylation is 2. The van der Waals surface area contributed by atoms with Crippen molar-refractivity contribution in [3.63, 3.8) is 0 Å². The number of thiophene rings is 1. The topological polar surface area (TPSA) is 55.2 Å². The Morgan fingerprint density at radius 3 is 2.75 bits per heavy atom. The van der Waals surface area contributed by atoms with Crippen LogP contribution < -0.4 is 5.56 Å². The van der Waals surface area contributed by atoms with Crippen molar-refractivity contribution in [2.45, 2.75) is 53.5 Å². The molecule has 6 heteroatoms. The molecule has 5 nitrogen and oxygen atoms in total. The van der Waals surface area contributed by atoms with E-state index in [1.807, 2.05) is 20.8 Å². The molecule has 0 aliphatic heterocycles. The second kappa shape index (κ2) is 6.67. The maximum Gasteiger partial charge on any atom is 0.263 e. The molecule has 1 aliphatic rings. The summed E-state index contributed by atoms with van der Waals surface area (Å²) < 4.78 is 1.55. The second-order valence-corrected chi connectivity index (χ2v) is 7.73. The van der Waals surface area contributed by atoms with E-state index >= 15 is 0 Å². The molecule has 1 amide bonds. The van der Waals surface area contributed by atoms with Gasteiger partial charge in [-0.1, -0.05) is 6.92 Å². The second-order valence-electron chi connectivity index (χ2n) is 6.65. The first-order chi connectivity index (χ1) is 11.5. The normalized spacial score (nSPS) is 17.1. The first kappa shape index (κ1) is 17.1. The van der Waals surface area contributed by atoms with E-state index in [1.54, 1.807) is 20.8 Å². The number of hydrogen-bond donors (Lipinski definition) is 0. The van der Waals surface area contributed by atoms with E-state index in [-0.39, 0.29) is 18.0 Å². The molecular weight excluding hydrogens is 322 g/mol. The summed E-state index contributed by atoms with van der Waals surface area (Å²) >= 11 is 1.65. The number of hydrogen-bond acceptors (Lipinski definition) is 4. The molecule has 0 N–H and O–H groups in total. The smallest absolute Gasteiger partial charge is 0.263 e. The fourth-order valence-electron chi connectivity index (χ4n) is 3.52. The average molecular weight is 347 g/mol. The van der Waals surface area contributed by atoms with Crippen LogP contribution in [0, 0.1) is 12.8 Å². The third-order valence-corrected chi connectivity index (χ3v) is 6.16. The van der Waals surface area contributed by atoms with Crippen molar-refractivity contribution >= 4 is 27.5 Å². The van der Waals surface area contributed by atoms with Crippen LogP contribution in [-0.2, 0) is 24.2 Å². The van der Waals surface area contributed by atoms with Crippen molar-refractivity contribution in [2.24, 2.45) is 5.92 Å². The van der Waals surface area contributed by atoms with Crippen LogP contribution in [0.25, 0.3) is 10.2 Å². The molecule has 0 saturated carbocycles. The highest BCUT2D eigenvalue weighted by molar-refractivity contribution is 7.18. The zero-order valence-electron chi connectivity index (χ0n) is 14.9. The highest BCUT2D eigenvalue weighted by atomic mass is 32.1. The fraction of sp³-hybridized carbons (Fsp3) is 0.611. The number of aromatic nitrogens is 2. The third kappa shape index (κ3) is 2.88. The van der Waals surface area contributed by atoms with Gasteiger partial charge in [-0.25, -0.2) is 4.98 Å². The molecule has 1 unspecified atom stereocenters. The van der Waals surface area contributed by atoms with Gasteiger partial charge in [0.15, 0.2) is 0 Å². The molecule has 0 saturated heterocycles. The van der Waals surface area contributed by atoms with Crippen LogP contribution in [0.2, 0.25) is 0 Å². The molecule has 3 rings (SSSR count). The molecule has 0 radical (unpaired) electrons. The Morgan fingerprint density at radius 2 is 2.08 bits per heavy atom. The van der Waals surface area contributed by atoms with E-state index in [1.165, 1.54) is 10.4 Å². The lowest BCUT2D eigenvalue weighted by Gasteiger charge is -2.20. The number of rotatable bonds is 4. The van der Waals surface area contributed by atoms with Crippen LogP contribution in [0.15, 0.2) is 4.79 Å². The Kier molecular flexibility index (Phi) is 4.76. The summed E-state index contributed by atoms with van der Waals surface area (Å²) in [5.41, 5.74) is 1.12. The van der Waals surface area contributed by atoms with Crippen molar-refractivity contribution in [1.82, 2.24) is 14.5 Å². The van der Waals surface area contributed by atoms with E-state index in [2.05, 4.69) is 11.9 Å². The Balaban J connectivity index is 2.07. The standard InChI is InChI=1S/C18H25N3O2S/c1-5-20(6-2)15(22)10-21-12(4)19-17-16(18(21)23)13-8-7-11(3)9-14(13)24-17/h11H,5-10H2,1-4H3. The molecule has 0 aromatic carbocycles. The molecule has 2 heterocycles. The lowest BCUT2D eigenvalue weighted by molar-refractivity contribution is -0.131. The van der Waals surface area contributed by atoms with Gasteiger partial charge in [0, 0.05) is 18.0 Å². The van der Waals surface area contributed by atoms with Gasteiger partial charge in [-0.3, -0.25) is 14.2 Å². The first-order valence-electron chi connectivity index (χ1n) is 8.75. The van der Waals surface area contributed by atoms with Gasteiger partial charge in [0.05, 0.1) is 5.39 Å². The van der Waals surface area contributed by atoms with Crippen LogP contribution in [0.5, 0.6) is 0 Å². The summed E-state index contributed by atoms with van der Waals surface area (Å²) in [4.78, 5) is 34.0. The van der Waals surface area contributed by atoms with Gasteiger partial charge in [0.25, 0.3) is 5.56 Å². The fourth-order valence-corrected chi connectivity index (χ4v) is 4.94. The van der Waals surface area contributed by atoms with Crippen LogP contribution in [0.4, 0.5) is 0 Å². The zero-order valence-corrected chi connectivity index (χ0v) is 15.7. The predicted octanol–water partition coefficient (Wildman–Crippen LogP) is 2.76. The average Bonchev–Trinajstić information content (AvgIpc) is 2.89. The van der Waals surface area contributed by atoms with Gasteiger partial charge in [-0.05, 0) is 51.5 Å². The molecule has 0 bridgehead atoms. The molecule has 0 fully saturated rings. The number of carbonyl (C=O) groups excluding carboxylic acids is 1. The SMILES string of the molecule is CCN(CC)C(=O)Cn1c(C)nc2sc3c(c2c1=O)CCC(C)C3. The number of nitrogens with zero attached hydrogens (tertiary/aromatic N) is 3. The highest BCUT2D eigenvalue weighted by Gasteiger charge is 2.24. The van der Waals surface area contributed by atoms with Crippen molar-refractivity contribution in [3.8, 4) is 0 Å². The summed E-state index contributed by atoms with van der Waals surface area (Å²) in [5.74, 6) is 1.27. The molecule has 24 heavy (non-hydrogen) atoms. The minimum atomic E-state index is -0.0509. The highest BCUT2D eigenvalue weighted by Crippen LogP contribution is 2.35. The van der Waals surface area contributed by atoms with Crippen LogP contribution in [0.3, 0.4) is 0 Å². The molecule has 1 atom stereocenters. The van der Waals surface area contributed by atoms with E-state index in [9.17, 15) is 9.59 Å². The summed E-state index contributed by atoms with van der Waals surface area (Å²) in [5, 5.41) is 0.750.